The zero-order valence-electron chi connectivity index (χ0n) is 14.7. The number of nitrogens with zero attached hydrogens (tertiary/aromatic N) is 2. The van der Waals surface area contributed by atoms with Gasteiger partial charge < -0.3 is 4.90 Å². The first-order valence-electron chi connectivity index (χ1n) is 8.40. The molecule has 0 saturated heterocycles. The molecule has 3 aromatic rings. The molecule has 1 aliphatic heterocycles. The van der Waals surface area contributed by atoms with Crippen molar-refractivity contribution in [2.45, 2.75) is 0 Å². The Labute approximate surface area is 176 Å². The third-order valence-electron chi connectivity index (χ3n) is 4.47. The summed E-state index contributed by atoms with van der Waals surface area (Å²) in [6.45, 7) is 0. The Bertz CT molecular complexity index is 1090. The number of imide groups is 1. The van der Waals surface area contributed by atoms with E-state index in [2.05, 4.69) is 0 Å². The van der Waals surface area contributed by atoms with Gasteiger partial charge in [0, 0.05) is 17.6 Å². The Morgan fingerprint density at radius 2 is 1.64 bits per heavy atom. The van der Waals surface area contributed by atoms with Crippen LogP contribution in [0, 0.1) is 0 Å². The molecule has 140 valence electrons. The molecule has 1 aromatic heterocycles. The van der Waals surface area contributed by atoms with Gasteiger partial charge in [-0.3, -0.25) is 9.59 Å². The summed E-state index contributed by atoms with van der Waals surface area (Å²) in [7, 11) is 1.78. The lowest BCUT2D eigenvalue weighted by atomic mass is 10.1. The Balaban J connectivity index is 1.86. The number of amides is 2. The highest BCUT2D eigenvalue weighted by Gasteiger charge is 2.42. The number of hydrogen-bond acceptors (Lipinski definition) is 4. The number of benzene rings is 2. The van der Waals surface area contributed by atoms with E-state index in [0.29, 0.717) is 22.0 Å². The lowest BCUT2D eigenvalue weighted by Gasteiger charge is -2.21. The normalized spacial score (nSPS) is 14.2. The number of halogens is 2. The summed E-state index contributed by atoms with van der Waals surface area (Å²) in [5.74, 6) is -0.790. The molecule has 2 aromatic carbocycles. The lowest BCUT2D eigenvalue weighted by molar-refractivity contribution is -0.120. The molecule has 0 radical (unpaired) electrons. The van der Waals surface area contributed by atoms with E-state index < -0.39 is 5.91 Å². The average molecular weight is 429 g/mol. The predicted octanol–water partition coefficient (Wildman–Crippen LogP) is 5.48. The average Bonchev–Trinajstić information content (AvgIpc) is 3.30. The molecule has 0 saturated carbocycles. The van der Waals surface area contributed by atoms with E-state index in [-0.39, 0.29) is 10.9 Å². The number of para-hydroxylation sites is 1. The summed E-state index contributed by atoms with van der Waals surface area (Å²) in [5, 5.41) is 2.52. The van der Waals surface area contributed by atoms with Gasteiger partial charge in [-0.15, -0.1) is 11.3 Å². The van der Waals surface area contributed by atoms with E-state index in [1.807, 2.05) is 47.8 Å². The first-order chi connectivity index (χ1) is 13.5. The van der Waals surface area contributed by atoms with Crippen LogP contribution in [0.1, 0.15) is 4.88 Å². The molecule has 0 fully saturated rings. The SMILES string of the molecule is CN(C1=C(c2cccs2)C(=O)N(c2ccc(Cl)c(Cl)c2)C1=O)c1ccccc1. The summed E-state index contributed by atoms with van der Waals surface area (Å²) in [5.41, 5.74) is 1.89. The molecule has 0 N–H and O–H groups in total. The lowest BCUT2D eigenvalue weighted by Crippen LogP contribution is -2.34. The second-order valence-corrected chi connectivity index (χ2v) is 7.90. The Morgan fingerprint density at radius 1 is 0.893 bits per heavy atom. The van der Waals surface area contributed by atoms with Gasteiger partial charge in [0.2, 0.25) is 0 Å². The Kier molecular flexibility index (Phi) is 4.98. The van der Waals surface area contributed by atoms with Crippen molar-refractivity contribution in [1.29, 1.82) is 0 Å². The molecule has 2 heterocycles. The van der Waals surface area contributed by atoms with E-state index >= 15 is 0 Å². The zero-order valence-corrected chi connectivity index (χ0v) is 17.1. The number of anilines is 2. The molecular formula is C21H14Cl2N2O2S. The van der Waals surface area contributed by atoms with Gasteiger partial charge in [-0.2, -0.15) is 0 Å². The Morgan fingerprint density at radius 3 is 2.29 bits per heavy atom. The standard InChI is InChI=1S/C21H14Cl2N2O2S/c1-24(13-6-3-2-4-7-13)19-18(17-8-5-11-28-17)20(26)25(21(19)27)14-9-10-15(22)16(23)12-14/h2-12H,1H3. The second kappa shape index (κ2) is 7.43. The van der Waals surface area contributed by atoms with Crippen LogP contribution in [0.2, 0.25) is 10.0 Å². The number of carbonyl (C=O) groups excluding carboxylic acids is 2. The molecule has 4 rings (SSSR count). The van der Waals surface area contributed by atoms with Gasteiger partial charge >= 0.3 is 0 Å². The minimum absolute atomic E-state index is 0.280. The second-order valence-electron chi connectivity index (χ2n) is 6.14. The third kappa shape index (κ3) is 3.11. The number of hydrogen-bond donors (Lipinski definition) is 0. The maximum Gasteiger partial charge on any atom is 0.282 e. The van der Waals surface area contributed by atoms with E-state index in [1.165, 1.54) is 17.4 Å². The van der Waals surface area contributed by atoms with Gasteiger partial charge in [0.1, 0.15) is 5.70 Å². The van der Waals surface area contributed by atoms with Crippen LogP contribution in [0.25, 0.3) is 5.57 Å². The fourth-order valence-electron chi connectivity index (χ4n) is 3.11. The molecule has 4 nitrogen and oxygen atoms in total. The van der Waals surface area contributed by atoms with Crippen LogP contribution in [0.3, 0.4) is 0 Å². The van der Waals surface area contributed by atoms with Crippen molar-refractivity contribution in [3.05, 3.63) is 86.7 Å². The third-order valence-corrected chi connectivity index (χ3v) is 6.09. The minimum Gasteiger partial charge on any atom is -0.339 e. The minimum atomic E-state index is -0.404. The number of rotatable bonds is 4. The van der Waals surface area contributed by atoms with Gasteiger partial charge in [-0.25, -0.2) is 4.90 Å². The highest BCUT2D eigenvalue weighted by atomic mass is 35.5. The van der Waals surface area contributed by atoms with Crippen molar-refractivity contribution in [3.63, 3.8) is 0 Å². The van der Waals surface area contributed by atoms with Crippen LogP contribution >= 0.6 is 34.5 Å². The van der Waals surface area contributed by atoms with Crippen molar-refractivity contribution in [2.75, 3.05) is 16.8 Å². The summed E-state index contributed by atoms with van der Waals surface area (Å²) >= 11 is 13.5. The molecular weight excluding hydrogens is 415 g/mol. The smallest absolute Gasteiger partial charge is 0.282 e. The first kappa shape index (κ1) is 18.7. The van der Waals surface area contributed by atoms with Gasteiger partial charge in [-0.05, 0) is 41.8 Å². The maximum atomic E-state index is 13.4. The molecule has 28 heavy (non-hydrogen) atoms. The topological polar surface area (TPSA) is 40.6 Å². The quantitative estimate of drug-likeness (QED) is 0.516. The Hall–Kier alpha value is -2.60. The van der Waals surface area contributed by atoms with Crippen LogP contribution in [0.5, 0.6) is 0 Å². The summed E-state index contributed by atoms with van der Waals surface area (Å²) in [6.07, 6.45) is 0. The van der Waals surface area contributed by atoms with Crippen molar-refractivity contribution < 1.29 is 9.59 Å². The molecule has 0 spiro atoms. The molecule has 0 bridgehead atoms. The van der Waals surface area contributed by atoms with E-state index in [9.17, 15) is 9.59 Å². The number of carbonyl (C=O) groups is 2. The monoisotopic (exact) mass is 428 g/mol. The molecule has 1 aliphatic rings. The van der Waals surface area contributed by atoms with Crippen LogP contribution in [0.4, 0.5) is 11.4 Å². The van der Waals surface area contributed by atoms with Crippen molar-refractivity contribution in [2.24, 2.45) is 0 Å². The number of thiophene rings is 1. The van der Waals surface area contributed by atoms with Crippen molar-refractivity contribution in [3.8, 4) is 0 Å². The highest BCUT2D eigenvalue weighted by Crippen LogP contribution is 2.38. The summed E-state index contributed by atoms with van der Waals surface area (Å²) < 4.78 is 0. The number of likely N-dealkylation sites (N-methyl/N-ethyl adjacent to an activating group) is 1. The van der Waals surface area contributed by atoms with Crippen LogP contribution in [-0.4, -0.2) is 18.9 Å². The molecule has 0 aliphatic carbocycles. The van der Waals surface area contributed by atoms with Gasteiger partial charge in [-0.1, -0.05) is 47.5 Å². The first-order valence-corrected chi connectivity index (χ1v) is 10.0. The van der Waals surface area contributed by atoms with E-state index in [1.54, 1.807) is 24.1 Å². The van der Waals surface area contributed by atoms with Crippen LogP contribution in [0.15, 0.2) is 71.7 Å². The largest absolute Gasteiger partial charge is 0.339 e. The van der Waals surface area contributed by atoms with Gasteiger partial charge in [0.05, 0.1) is 21.3 Å². The molecule has 0 atom stereocenters. The molecule has 0 unspecified atom stereocenters. The fourth-order valence-corrected chi connectivity index (χ4v) is 4.17. The highest BCUT2D eigenvalue weighted by molar-refractivity contribution is 7.11. The van der Waals surface area contributed by atoms with E-state index in [0.717, 1.165) is 15.5 Å². The van der Waals surface area contributed by atoms with Crippen LogP contribution in [-0.2, 0) is 9.59 Å². The van der Waals surface area contributed by atoms with Crippen molar-refractivity contribution in [1.82, 2.24) is 0 Å². The molecule has 2 amide bonds. The summed E-state index contributed by atoms with van der Waals surface area (Å²) in [4.78, 5) is 30.3. The van der Waals surface area contributed by atoms with Gasteiger partial charge in [0.25, 0.3) is 11.8 Å². The summed E-state index contributed by atoms with van der Waals surface area (Å²) in [6, 6.07) is 17.8. The van der Waals surface area contributed by atoms with Gasteiger partial charge in [0.15, 0.2) is 0 Å². The van der Waals surface area contributed by atoms with Crippen LogP contribution < -0.4 is 9.80 Å². The van der Waals surface area contributed by atoms with Crippen molar-refractivity contribution >= 4 is 63.3 Å². The zero-order chi connectivity index (χ0) is 19.8. The fraction of sp³-hybridized carbons (Fsp3) is 0.0476. The molecule has 7 heteroatoms. The maximum absolute atomic E-state index is 13.4. The van der Waals surface area contributed by atoms with E-state index in [4.69, 9.17) is 23.2 Å². The predicted molar refractivity (Wildman–Crippen MR) is 115 cm³/mol.